The molecule has 2 aliphatic heterocycles. The number of ether oxygens (including phenoxy) is 2. The lowest BCUT2D eigenvalue weighted by Gasteiger charge is -2.34. The van der Waals surface area contributed by atoms with Crippen LogP contribution < -0.4 is 19.7 Å². The second kappa shape index (κ2) is 14.5. The molecule has 1 aromatic heterocycles. The predicted octanol–water partition coefficient (Wildman–Crippen LogP) is 3.31. The highest BCUT2D eigenvalue weighted by atomic mass is 32.2. The van der Waals surface area contributed by atoms with Crippen molar-refractivity contribution in [3.8, 4) is 11.5 Å². The molecular weight excluding hydrogens is 605 g/mol. The summed E-state index contributed by atoms with van der Waals surface area (Å²) in [6, 6.07) is 2.80. The topological polar surface area (TPSA) is 134 Å². The predicted molar refractivity (Wildman–Crippen MR) is 172 cm³/mol. The molecule has 5 rings (SSSR count). The molecule has 2 saturated heterocycles. The SMILES string of the molecule is COc1cc2nc(N3CCN(C(=O)C=C4CCCC4)CC3)nc(NC(=O)C3CSCN3C(=O)CCSC(C)=O)c2cc1OC. The van der Waals surface area contributed by atoms with Gasteiger partial charge in [-0.2, -0.15) is 4.98 Å². The van der Waals surface area contributed by atoms with Crippen LogP contribution in [0, 0.1) is 0 Å². The normalized spacial score (nSPS) is 18.5. The van der Waals surface area contributed by atoms with Crippen molar-refractivity contribution in [2.75, 3.05) is 68.0 Å². The number of anilines is 2. The summed E-state index contributed by atoms with van der Waals surface area (Å²) in [4.78, 5) is 65.7. The average molecular weight is 643 g/mol. The molecule has 1 saturated carbocycles. The standard InChI is InChI=1S/C30H38N6O6S2/c1-19(37)44-13-8-26(38)36-18-43-17-23(36)29(40)32-28-21-15-24(41-2)25(42-3)16-22(21)31-30(33-28)35-11-9-34(10-12-35)27(39)14-20-6-4-5-7-20/h14-16,23H,4-13,17-18H2,1-3H3,(H,31,32,33,40). The van der Waals surface area contributed by atoms with Crippen LogP contribution in [-0.4, -0.2) is 106 Å². The number of rotatable bonds is 9. The average Bonchev–Trinajstić information content (AvgIpc) is 3.73. The lowest BCUT2D eigenvalue weighted by Crippen LogP contribution is -2.49. The van der Waals surface area contributed by atoms with E-state index in [1.807, 2.05) is 9.80 Å². The Labute approximate surface area is 265 Å². The van der Waals surface area contributed by atoms with Crippen molar-refractivity contribution in [1.82, 2.24) is 19.8 Å². The molecule has 2 aromatic rings. The summed E-state index contributed by atoms with van der Waals surface area (Å²) in [6.45, 7) is 3.63. The van der Waals surface area contributed by atoms with E-state index in [9.17, 15) is 19.2 Å². The van der Waals surface area contributed by atoms with E-state index in [2.05, 4.69) is 5.32 Å². The van der Waals surface area contributed by atoms with Gasteiger partial charge in [-0.05, 0) is 31.7 Å². The first-order chi connectivity index (χ1) is 21.3. The zero-order chi connectivity index (χ0) is 31.2. The fourth-order valence-electron chi connectivity index (χ4n) is 5.58. The van der Waals surface area contributed by atoms with E-state index in [1.54, 1.807) is 30.2 Å². The zero-order valence-electron chi connectivity index (χ0n) is 25.3. The third kappa shape index (κ3) is 7.40. The number of thioether (sulfide) groups is 2. The van der Waals surface area contributed by atoms with Crippen LogP contribution >= 0.6 is 23.5 Å². The molecule has 0 bridgehead atoms. The molecule has 1 aliphatic carbocycles. The van der Waals surface area contributed by atoms with Gasteiger partial charge in [0, 0.05) is 68.6 Å². The van der Waals surface area contributed by atoms with Crippen LogP contribution in [-0.2, 0) is 19.2 Å². The Morgan fingerprint density at radius 3 is 2.43 bits per heavy atom. The van der Waals surface area contributed by atoms with Crippen LogP contribution in [0.3, 0.4) is 0 Å². The number of allylic oxidation sites excluding steroid dienone is 1. The number of carbonyl (C=O) groups excluding carboxylic acids is 4. The van der Waals surface area contributed by atoms with Crippen molar-refractivity contribution in [2.45, 2.75) is 45.1 Å². The Bertz CT molecular complexity index is 1450. The lowest BCUT2D eigenvalue weighted by atomic mass is 10.2. The Kier molecular flexibility index (Phi) is 10.5. The number of carbonyl (C=O) groups is 4. The van der Waals surface area contributed by atoms with Gasteiger partial charge in [0.2, 0.25) is 23.7 Å². The number of hydrogen-bond acceptors (Lipinski definition) is 11. The van der Waals surface area contributed by atoms with Crippen LogP contribution in [0.15, 0.2) is 23.8 Å². The van der Waals surface area contributed by atoms with Crippen LogP contribution in [0.2, 0.25) is 0 Å². The van der Waals surface area contributed by atoms with E-state index in [4.69, 9.17) is 19.4 Å². The Balaban J connectivity index is 1.37. The molecule has 1 aromatic carbocycles. The maximum Gasteiger partial charge on any atom is 0.249 e. The molecule has 1 atom stereocenters. The first kappa shape index (κ1) is 31.9. The lowest BCUT2D eigenvalue weighted by molar-refractivity contribution is -0.135. The van der Waals surface area contributed by atoms with Crippen molar-refractivity contribution in [3.05, 3.63) is 23.8 Å². The molecule has 3 fully saturated rings. The summed E-state index contributed by atoms with van der Waals surface area (Å²) >= 11 is 2.61. The zero-order valence-corrected chi connectivity index (χ0v) is 26.9. The molecule has 3 heterocycles. The monoisotopic (exact) mass is 642 g/mol. The van der Waals surface area contributed by atoms with E-state index < -0.39 is 6.04 Å². The number of piperazine rings is 1. The fourth-order valence-corrected chi connectivity index (χ4v) is 7.32. The summed E-state index contributed by atoms with van der Waals surface area (Å²) in [5, 5.41) is 3.49. The number of benzene rings is 1. The molecule has 1 N–H and O–H groups in total. The quantitative estimate of drug-likeness (QED) is 0.404. The molecular formula is C30H38N6O6S2. The van der Waals surface area contributed by atoms with Crippen LogP contribution in [0.4, 0.5) is 11.8 Å². The highest BCUT2D eigenvalue weighted by Gasteiger charge is 2.35. The van der Waals surface area contributed by atoms with Crippen molar-refractivity contribution in [3.63, 3.8) is 0 Å². The molecule has 3 aliphatic rings. The van der Waals surface area contributed by atoms with Gasteiger partial charge in [0.05, 0.1) is 25.6 Å². The molecule has 0 radical (unpaired) electrons. The van der Waals surface area contributed by atoms with Crippen molar-refractivity contribution in [1.29, 1.82) is 0 Å². The van der Waals surface area contributed by atoms with Gasteiger partial charge in [0.1, 0.15) is 11.9 Å². The number of nitrogens with zero attached hydrogens (tertiary/aromatic N) is 5. The summed E-state index contributed by atoms with van der Waals surface area (Å²) in [5.74, 6) is 2.46. The molecule has 3 amide bonds. The first-order valence-corrected chi connectivity index (χ1v) is 16.9. The highest BCUT2D eigenvalue weighted by molar-refractivity contribution is 8.13. The molecule has 236 valence electrons. The van der Waals surface area contributed by atoms with E-state index in [0.717, 1.165) is 37.4 Å². The maximum atomic E-state index is 13.6. The Morgan fingerprint density at radius 2 is 1.75 bits per heavy atom. The molecule has 0 spiro atoms. The minimum absolute atomic E-state index is 0.0455. The van der Waals surface area contributed by atoms with E-state index in [0.29, 0.717) is 77.7 Å². The maximum absolute atomic E-state index is 13.6. The number of methoxy groups -OCH3 is 2. The molecule has 12 nitrogen and oxygen atoms in total. The second-order valence-corrected chi connectivity index (χ2v) is 13.1. The van der Waals surface area contributed by atoms with E-state index in [-0.39, 0.29) is 29.3 Å². The summed E-state index contributed by atoms with van der Waals surface area (Å²) in [5.41, 5.74) is 1.79. The van der Waals surface area contributed by atoms with Gasteiger partial charge in [-0.1, -0.05) is 17.3 Å². The Morgan fingerprint density at radius 1 is 1.05 bits per heavy atom. The van der Waals surface area contributed by atoms with Gasteiger partial charge in [-0.3, -0.25) is 19.2 Å². The van der Waals surface area contributed by atoms with Crippen molar-refractivity contribution < 1.29 is 28.7 Å². The van der Waals surface area contributed by atoms with Crippen molar-refractivity contribution >= 4 is 69.0 Å². The largest absolute Gasteiger partial charge is 0.493 e. The number of aromatic nitrogens is 2. The van der Waals surface area contributed by atoms with Gasteiger partial charge < -0.3 is 29.5 Å². The summed E-state index contributed by atoms with van der Waals surface area (Å²) in [6.07, 6.45) is 6.29. The first-order valence-electron chi connectivity index (χ1n) is 14.8. The van der Waals surface area contributed by atoms with Gasteiger partial charge >= 0.3 is 0 Å². The smallest absolute Gasteiger partial charge is 0.249 e. The minimum Gasteiger partial charge on any atom is -0.493 e. The van der Waals surface area contributed by atoms with Crippen LogP contribution in [0.5, 0.6) is 11.5 Å². The van der Waals surface area contributed by atoms with Gasteiger partial charge in [-0.15, -0.1) is 11.8 Å². The van der Waals surface area contributed by atoms with Crippen LogP contribution in [0.25, 0.3) is 10.9 Å². The van der Waals surface area contributed by atoms with Gasteiger partial charge in [0.15, 0.2) is 16.6 Å². The van der Waals surface area contributed by atoms with E-state index in [1.165, 1.54) is 31.4 Å². The minimum atomic E-state index is -0.674. The number of hydrogen-bond donors (Lipinski definition) is 1. The van der Waals surface area contributed by atoms with Gasteiger partial charge in [0.25, 0.3) is 0 Å². The highest BCUT2D eigenvalue weighted by Crippen LogP contribution is 2.36. The number of fused-ring (bicyclic) bond motifs is 1. The third-order valence-electron chi connectivity index (χ3n) is 8.00. The third-order valence-corrected chi connectivity index (χ3v) is 9.83. The van der Waals surface area contributed by atoms with E-state index >= 15 is 0 Å². The number of amides is 3. The molecule has 14 heteroatoms. The molecule has 1 unspecified atom stereocenters. The second-order valence-electron chi connectivity index (χ2n) is 10.9. The van der Waals surface area contributed by atoms with Crippen LogP contribution in [0.1, 0.15) is 39.0 Å². The summed E-state index contributed by atoms with van der Waals surface area (Å²) < 4.78 is 11.0. The molecule has 44 heavy (non-hydrogen) atoms. The fraction of sp³-hybridized carbons (Fsp3) is 0.533. The summed E-state index contributed by atoms with van der Waals surface area (Å²) in [7, 11) is 3.08. The van der Waals surface area contributed by atoms with Gasteiger partial charge in [-0.25, -0.2) is 4.98 Å². The van der Waals surface area contributed by atoms with Crippen molar-refractivity contribution in [2.24, 2.45) is 0 Å². The number of nitrogens with one attached hydrogen (secondary N) is 1. The Hall–Kier alpha value is -3.52.